The van der Waals surface area contributed by atoms with Gasteiger partial charge in [-0.25, -0.2) is 4.79 Å². The number of benzene rings is 1. The largest absolute Gasteiger partial charge is 0.474 e. The molecule has 6 nitrogen and oxygen atoms in total. The van der Waals surface area contributed by atoms with Gasteiger partial charge in [0, 0.05) is 13.1 Å². The van der Waals surface area contributed by atoms with Crippen LogP contribution in [0.25, 0.3) is 0 Å². The van der Waals surface area contributed by atoms with Crippen molar-refractivity contribution in [3.63, 3.8) is 0 Å². The number of piperidine rings is 1. The van der Waals surface area contributed by atoms with Crippen LogP contribution in [0.15, 0.2) is 30.3 Å². The highest BCUT2D eigenvalue weighted by molar-refractivity contribution is 6.32. The second-order valence-electron chi connectivity index (χ2n) is 4.72. The number of carboxylic acid groups (broad SMARTS) is 1. The first-order valence-corrected chi connectivity index (χ1v) is 6.44. The molecule has 1 atom stereocenters. The molecule has 1 aliphatic heterocycles. The Bertz CT molecular complexity index is 515. The molecule has 6 heteroatoms. The van der Waals surface area contributed by atoms with E-state index in [4.69, 9.17) is 5.11 Å². The van der Waals surface area contributed by atoms with E-state index in [2.05, 4.69) is 5.32 Å². The van der Waals surface area contributed by atoms with Crippen molar-refractivity contribution in [1.29, 1.82) is 0 Å². The van der Waals surface area contributed by atoms with Gasteiger partial charge in [-0.2, -0.15) is 0 Å². The zero-order valence-corrected chi connectivity index (χ0v) is 10.9. The molecule has 2 amide bonds. The maximum Gasteiger partial charge on any atom is 0.394 e. The number of rotatable bonds is 3. The molecule has 0 bridgehead atoms. The lowest BCUT2D eigenvalue weighted by atomic mass is 10.0. The molecule has 1 aromatic carbocycles. The van der Waals surface area contributed by atoms with Crippen molar-refractivity contribution in [2.24, 2.45) is 0 Å². The van der Waals surface area contributed by atoms with Crippen molar-refractivity contribution in [2.45, 2.75) is 25.4 Å². The fourth-order valence-electron chi connectivity index (χ4n) is 2.25. The maximum atomic E-state index is 12.2. The number of carbonyl (C=O) groups is 3. The predicted molar refractivity (Wildman–Crippen MR) is 70.7 cm³/mol. The van der Waals surface area contributed by atoms with Crippen LogP contribution in [-0.4, -0.2) is 40.4 Å². The van der Waals surface area contributed by atoms with Gasteiger partial charge in [-0.15, -0.1) is 0 Å². The molecule has 0 spiro atoms. The molecule has 20 heavy (non-hydrogen) atoms. The van der Waals surface area contributed by atoms with Crippen LogP contribution in [0.1, 0.15) is 18.4 Å². The number of carboxylic acids is 1. The molecule has 1 saturated heterocycles. The molecule has 2 N–H and O–H groups in total. The summed E-state index contributed by atoms with van der Waals surface area (Å²) in [5.74, 6) is -2.93. The molecule has 2 rings (SSSR count). The van der Waals surface area contributed by atoms with E-state index in [1.807, 2.05) is 30.3 Å². The molecule has 0 saturated carbocycles. The summed E-state index contributed by atoms with van der Waals surface area (Å²) < 4.78 is 0. The van der Waals surface area contributed by atoms with Gasteiger partial charge in [0.15, 0.2) is 0 Å². The average Bonchev–Trinajstić information content (AvgIpc) is 2.44. The number of aliphatic carboxylic acids is 1. The van der Waals surface area contributed by atoms with Crippen LogP contribution in [0.2, 0.25) is 0 Å². The second kappa shape index (κ2) is 6.18. The average molecular weight is 276 g/mol. The third-order valence-electron chi connectivity index (χ3n) is 3.25. The summed E-state index contributed by atoms with van der Waals surface area (Å²) in [6.07, 6.45) is 1.21. The molecular weight excluding hydrogens is 260 g/mol. The fraction of sp³-hybridized carbons (Fsp3) is 0.357. The Labute approximate surface area is 116 Å². The van der Waals surface area contributed by atoms with Gasteiger partial charge >= 0.3 is 11.9 Å². The van der Waals surface area contributed by atoms with Gasteiger partial charge in [-0.05, 0) is 18.4 Å². The Morgan fingerprint density at radius 3 is 2.65 bits per heavy atom. The van der Waals surface area contributed by atoms with E-state index in [-0.39, 0.29) is 5.91 Å². The minimum absolute atomic E-state index is 0.227. The maximum absolute atomic E-state index is 12.2. The third kappa shape index (κ3) is 3.34. The van der Waals surface area contributed by atoms with Crippen molar-refractivity contribution in [3.05, 3.63) is 35.9 Å². The first-order chi connectivity index (χ1) is 9.58. The standard InChI is InChI=1S/C14H16N2O4/c17-12(14(19)20)15-11-7-4-8-16(13(11)18)9-10-5-2-1-3-6-10/h1-3,5-6,11H,4,7-9H2,(H,15,17)(H,19,20). The van der Waals surface area contributed by atoms with E-state index in [1.165, 1.54) is 0 Å². The minimum atomic E-state index is -1.57. The van der Waals surface area contributed by atoms with Gasteiger partial charge in [0.1, 0.15) is 6.04 Å². The normalized spacial score (nSPS) is 18.7. The molecule has 1 unspecified atom stereocenters. The second-order valence-corrected chi connectivity index (χ2v) is 4.72. The summed E-state index contributed by atoms with van der Waals surface area (Å²) in [4.78, 5) is 35.5. The SMILES string of the molecule is O=C(O)C(=O)NC1CCCN(Cc2ccccc2)C1=O. The van der Waals surface area contributed by atoms with Crippen LogP contribution in [0.3, 0.4) is 0 Å². The third-order valence-corrected chi connectivity index (χ3v) is 3.25. The van der Waals surface area contributed by atoms with E-state index >= 15 is 0 Å². The van der Waals surface area contributed by atoms with Crippen LogP contribution in [0, 0.1) is 0 Å². The van der Waals surface area contributed by atoms with Crippen LogP contribution >= 0.6 is 0 Å². The number of hydrogen-bond donors (Lipinski definition) is 2. The first kappa shape index (κ1) is 14.0. The number of nitrogens with zero attached hydrogens (tertiary/aromatic N) is 1. The van der Waals surface area contributed by atoms with E-state index in [0.29, 0.717) is 19.5 Å². The van der Waals surface area contributed by atoms with Crippen molar-refractivity contribution in [2.75, 3.05) is 6.54 Å². The van der Waals surface area contributed by atoms with E-state index < -0.39 is 17.9 Å². The number of nitrogens with one attached hydrogen (secondary N) is 1. The zero-order chi connectivity index (χ0) is 14.5. The fourth-order valence-corrected chi connectivity index (χ4v) is 2.25. The van der Waals surface area contributed by atoms with Crippen LogP contribution in [0.4, 0.5) is 0 Å². The molecule has 1 fully saturated rings. The van der Waals surface area contributed by atoms with Crippen molar-refractivity contribution in [3.8, 4) is 0 Å². The lowest BCUT2D eigenvalue weighted by Gasteiger charge is -2.32. The summed E-state index contributed by atoms with van der Waals surface area (Å²) in [5, 5.41) is 10.8. The Morgan fingerprint density at radius 1 is 1.30 bits per heavy atom. The highest BCUT2D eigenvalue weighted by Crippen LogP contribution is 2.15. The van der Waals surface area contributed by atoms with Crippen molar-refractivity contribution in [1.82, 2.24) is 10.2 Å². The van der Waals surface area contributed by atoms with Crippen LogP contribution in [0.5, 0.6) is 0 Å². The Hall–Kier alpha value is -2.37. The molecule has 1 aromatic rings. The van der Waals surface area contributed by atoms with E-state index in [1.54, 1.807) is 4.90 Å². The van der Waals surface area contributed by atoms with Crippen LogP contribution < -0.4 is 5.32 Å². The van der Waals surface area contributed by atoms with Crippen molar-refractivity contribution < 1.29 is 19.5 Å². The predicted octanol–water partition coefficient (Wildman–Crippen LogP) is 0.378. The molecule has 0 aromatic heterocycles. The lowest BCUT2D eigenvalue weighted by Crippen LogP contribution is -2.53. The van der Waals surface area contributed by atoms with Crippen LogP contribution in [-0.2, 0) is 20.9 Å². The molecule has 1 heterocycles. The molecule has 0 aliphatic carbocycles. The summed E-state index contributed by atoms with van der Waals surface area (Å²) in [6, 6.07) is 8.80. The number of likely N-dealkylation sites (tertiary alicyclic amines) is 1. The summed E-state index contributed by atoms with van der Waals surface area (Å²) in [5.41, 5.74) is 1.01. The molecular formula is C14H16N2O4. The summed E-state index contributed by atoms with van der Waals surface area (Å²) in [7, 11) is 0. The smallest absolute Gasteiger partial charge is 0.394 e. The highest BCUT2D eigenvalue weighted by atomic mass is 16.4. The minimum Gasteiger partial charge on any atom is -0.474 e. The van der Waals surface area contributed by atoms with Gasteiger partial charge in [-0.1, -0.05) is 30.3 Å². The van der Waals surface area contributed by atoms with E-state index in [9.17, 15) is 14.4 Å². The lowest BCUT2D eigenvalue weighted by molar-refractivity contribution is -0.152. The molecule has 106 valence electrons. The molecule has 1 aliphatic rings. The Kier molecular flexibility index (Phi) is 4.34. The number of amides is 2. The molecule has 0 radical (unpaired) electrons. The number of hydrogen-bond acceptors (Lipinski definition) is 3. The quantitative estimate of drug-likeness (QED) is 0.781. The Balaban J connectivity index is 2.00. The van der Waals surface area contributed by atoms with Crippen molar-refractivity contribution >= 4 is 17.8 Å². The van der Waals surface area contributed by atoms with Gasteiger partial charge in [-0.3, -0.25) is 9.59 Å². The van der Waals surface area contributed by atoms with E-state index in [0.717, 1.165) is 12.0 Å². The van der Waals surface area contributed by atoms with Gasteiger partial charge in [0.05, 0.1) is 0 Å². The highest BCUT2D eigenvalue weighted by Gasteiger charge is 2.31. The first-order valence-electron chi connectivity index (χ1n) is 6.44. The van der Waals surface area contributed by atoms with Gasteiger partial charge < -0.3 is 15.3 Å². The van der Waals surface area contributed by atoms with Gasteiger partial charge in [0.2, 0.25) is 5.91 Å². The Morgan fingerprint density at radius 2 is 2.00 bits per heavy atom. The summed E-state index contributed by atoms with van der Waals surface area (Å²) >= 11 is 0. The van der Waals surface area contributed by atoms with Gasteiger partial charge in [0.25, 0.3) is 0 Å². The summed E-state index contributed by atoms with van der Waals surface area (Å²) in [6.45, 7) is 1.09. The monoisotopic (exact) mass is 276 g/mol. The topological polar surface area (TPSA) is 86.7 Å². The number of carbonyl (C=O) groups excluding carboxylic acids is 2. The zero-order valence-electron chi connectivity index (χ0n) is 10.9.